The van der Waals surface area contributed by atoms with Crippen LogP contribution in [0.1, 0.15) is 123 Å². The standard InChI is InChI=1S/C35H48O4/c1-32(2,3)26-17-22(18-27(30(26)38)33(4,5)6)13-15-24(36)21-25(37)16-14-23-19-28(34(7,8)9)31(39)29(20-23)35(10,11)12/h13-20,38-39H,21H2,1-12H3. The Kier molecular flexibility index (Phi) is 9.17. The molecule has 2 N–H and O–H groups in total. The van der Waals surface area contributed by atoms with Crippen molar-refractivity contribution in [2.75, 3.05) is 0 Å². The molecular weight excluding hydrogens is 484 g/mol. The molecule has 0 heterocycles. The first kappa shape index (κ1) is 32.1. The third-order valence-corrected chi connectivity index (χ3v) is 6.77. The third-order valence-electron chi connectivity index (χ3n) is 6.77. The molecule has 0 aliphatic carbocycles. The lowest BCUT2D eigenvalue weighted by molar-refractivity contribution is -0.121. The molecule has 0 saturated heterocycles. The summed E-state index contributed by atoms with van der Waals surface area (Å²) in [7, 11) is 0. The van der Waals surface area contributed by atoms with E-state index in [0.717, 1.165) is 33.4 Å². The largest absolute Gasteiger partial charge is 0.507 e. The number of hydrogen-bond acceptors (Lipinski definition) is 4. The summed E-state index contributed by atoms with van der Waals surface area (Å²) < 4.78 is 0. The number of hydrogen-bond donors (Lipinski definition) is 2. The van der Waals surface area contributed by atoms with E-state index in [1.807, 2.05) is 107 Å². The maximum atomic E-state index is 12.7. The van der Waals surface area contributed by atoms with Crippen molar-refractivity contribution in [3.63, 3.8) is 0 Å². The summed E-state index contributed by atoms with van der Waals surface area (Å²) >= 11 is 0. The van der Waals surface area contributed by atoms with E-state index in [0.29, 0.717) is 0 Å². The first-order chi connectivity index (χ1) is 17.5. The van der Waals surface area contributed by atoms with Gasteiger partial charge in [-0.25, -0.2) is 0 Å². The minimum atomic E-state index is -0.288. The monoisotopic (exact) mass is 532 g/mol. The van der Waals surface area contributed by atoms with Crippen molar-refractivity contribution in [2.24, 2.45) is 0 Å². The topological polar surface area (TPSA) is 74.6 Å². The highest BCUT2D eigenvalue weighted by atomic mass is 16.3. The van der Waals surface area contributed by atoms with Crippen LogP contribution in [0.3, 0.4) is 0 Å². The number of ketones is 2. The van der Waals surface area contributed by atoms with Gasteiger partial charge in [-0.15, -0.1) is 0 Å². The van der Waals surface area contributed by atoms with Gasteiger partial charge in [-0.3, -0.25) is 9.59 Å². The first-order valence-electron chi connectivity index (χ1n) is 13.7. The van der Waals surface area contributed by atoms with E-state index in [4.69, 9.17) is 0 Å². The summed E-state index contributed by atoms with van der Waals surface area (Å²) in [6.07, 6.45) is 6.07. The van der Waals surface area contributed by atoms with Crippen molar-refractivity contribution < 1.29 is 19.8 Å². The fourth-order valence-corrected chi connectivity index (χ4v) is 4.46. The first-order valence-corrected chi connectivity index (χ1v) is 13.7. The average Bonchev–Trinajstić information content (AvgIpc) is 2.74. The molecule has 0 fully saturated rings. The number of allylic oxidation sites excluding steroid dienone is 2. The minimum Gasteiger partial charge on any atom is -0.507 e. The smallest absolute Gasteiger partial charge is 0.163 e. The molecule has 0 radical (unpaired) electrons. The van der Waals surface area contributed by atoms with Gasteiger partial charge >= 0.3 is 0 Å². The Morgan fingerprint density at radius 2 is 0.769 bits per heavy atom. The van der Waals surface area contributed by atoms with Crippen LogP contribution in [0.15, 0.2) is 36.4 Å². The van der Waals surface area contributed by atoms with Crippen molar-refractivity contribution >= 4 is 23.7 Å². The zero-order valence-corrected chi connectivity index (χ0v) is 26.0. The van der Waals surface area contributed by atoms with Crippen LogP contribution in [0.5, 0.6) is 11.5 Å². The normalized spacial score (nSPS) is 13.4. The second-order valence-corrected chi connectivity index (χ2v) is 14.7. The van der Waals surface area contributed by atoms with Gasteiger partial charge in [-0.1, -0.05) is 95.2 Å². The van der Waals surface area contributed by atoms with Crippen LogP contribution in [-0.2, 0) is 31.2 Å². The zero-order valence-electron chi connectivity index (χ0n) is 26.0. The van der Waals surface area contributed by atoms with Gasteiger partial charge in [-0.2, -0.15) is 0 Å². The highest BCUT2D eigenvalue weighted by Crippen LogP contribution is 2.41. The molecule has 2 aromatic rings. The fourth-order valence-electron chi connectivity index (χ4n) is 4.46. The molecule has 0 aliphatic rings. The van der Waals surface area contributed by atoms with Crippen molar-refractivity contribution in [2.45, 2.75) is 111 Å². The molecule has 2 rings (SSSR count). The van der Waals surface area contributed by atoms with Gasteiger partial charge in [0.05, 0.1) is 6.42 Å². The summed E-state index contributed by atoms with van der Waals surface area (Å²) in [4.78, 5) is 25.3. The quantitative estimate of drug-likeness (QED) is 0.289. The van der Waals surface area contributed by atoms with Gasteiger partial charge in [0.15, 0.2) is 11.6 Å². The number of aromatic hydroxyl groups is 2. The van der Waals surface area contributed by atoms with Gasteiger partial charge in [0.1, 0.15) is 11.5 Å². The molecular formula is C35H48O4. The summed E-state index contributed by atoms with van der Waals surface area (Å²) in [5.41, 5.74) is 3.82. The molecule has 0 aromatic heterocycles. The molecule has 0 unspecified atom stereocenters. The van der Waals surface area contributed by atoms with E-state index in [2.05, 4.69) is 0 Å². The highest BCUT2D eigenvalue weighted by molar-refractivity contribution is 6.10. The number of benzene rings is 2. The Labute approximate surface area is 235 Å². The van der Waals surface area contributed by atoms with E-state index in [1.165, 1.54) is 12.2 Å². The van der Waals surface area contributed by atoms with Crippen LogP contribution >= 0.6 is 0 Å². The molecule has 4 nitrogen and oxygen atoms in total. The molecule has 4 heteroatoms. The lowest BCUT2D eigenvalue weighted by Crippen LogP contribution is -2.17. The Morgan fingerprint density at radius 1 is 0.538 bits per heavy atom. The van der Waals surface area contributed by atoms with Crippen LogP contribution in [-0.4, -0.2) is 21.8 Å². The van der Waals surface area contributed by atoms with Crippen LogP contribution < -0.4 is 0 Å². The molecule has 0 atom stereocenters. The molecule has 212 valence electrons. The zero-order chi connectivity index (χ0) is 30.1. The molecule has 39 heavy (non-hydrogen) atoms. The van der Waals surface area contributed by atoms with E-state index >= 15 is 0 Å². The minimum absolute atomic E-state index is 0.236. The number of phenols is 2. The Hall–Kier alpha value is -3.14. The van der Waals surface area contributed by atoms with Gasteiger partial charge in [-0.05, 0) is 69.2 Å². The van der Waals surface area contributed by atoms with Gasteiger partial charge in [0.25, 0.3) is 0 Å². The molecule has 0 amide bonds. The second kappa shape index (κ2) is 11.2. The predicted molar refractivity (Wildman–Crippen MR) is 164 cm³/mol. The SMILES string of the molecule is CC(C)(C)c1cc(C=CC(=O)CC(=O)C=Cc2cc(C(C)(C)C)c(O)c(C(C)(C)C)c2)cc(C(C)(C)C)c1O. The number of carbonyl (C=O) groups excluding carboxylic acids is 2. The lowest BCUT2D eigenvalue weighted by Gasteiger charge is -2.27. The second-order valence-electron chi connectivity index (χ2n) is 14.7. The summed E-state index contributed by atoms with van der Waals surface area (Å²) in [6, 6.07) is 7.61. The molecule has 0 aliphatic heterocycles. The average molecular weight is 533 g/mol. The van der Waals surface area contributed by atoms with E-state index in [-0.39, 0.29) is 51.1 Å². The highest BCUT2D eigenvalue weighted by Gasteiger charge is 2.27. The summed E-state index contributed by atoms with van der Waals surface area (Å²) in [5, 5.41) is 21.8. The van der Waals surface area contributed by atoms with Crippen LogP contribution in [0.2, 0.25) is 0 Å². The molecule has 2 aromatic carbocycles. The maximum Gasteiger partial charge on any atom is 0.163 e. The van der Waals surface area contributed by atoms with Crippen molar-refractivity contribution in [3.05, 3.63) is 69.8 Å². The Morgan fingerprint density at radius 3 is 0.974 bits per heavy atom. The van der Waals surface area contributed by atoms with Gasteiger partial charge in [0, 0.05) is 22.3 Å². The predicted octanol–water partition coefficient (Wildman–Crippen LogP) is 8.54. The van der Waals surface area contributed by atoms with Gasteiger partial charge < -0.3 is 10.2 Å². The summed E-state index contributed by atoms with van der Waals surface area (Å²) in [6.45, 7) is 24.5. The lowest BCUT2D eigenvalue weighted by atomic mass is 9.78. The van der Waals surface area contributed by atoms with E-state index in [1.54, 1.807) is 12.2 Å². The number of rotatable bonds is 6. The van der Waals surface area contributed by atoms with Crippen molar-refractivity contribution in [3.8, 4) is 11.5 Å². The molecule has 0 spiro atoms. The summed E-state index contributed by atoms with van der Waals surface area (Å²) in [5.74, 6) is 0.00198. The Balaban J connectivity index is 2.29. The molecule has 0 saturated carbocycles. The van der Waals surface area contributed by atoms with E-state index < -0.39 is 0 Å². The third kappa shape index (κ3) is 8.42. The van der Waals surface area contributed by atoms with Crippen molar-refractivity contribution in [1.29, 1.82) is 0 Å². The number of carbonyl (C=O) groups is 2. The van der Waals surface area contributed by atoms with Crippen LogP contribution in [0.4, 0.5) is 0 Å². The van der Waals surface area contributed by atoms with Crippen molar-refractivity contribution in [1.82, 2.24) is 0 Å². The Bertz CT molecular complexity index is 1120. The maximum absolute atomic E-state index is 12.7. The van der Waals surface area contributed by atoms with Gasteiger partial charge in [0.2, 0.25) is 0 Å². The number of phenolic OH excluding ortho intramolecular Hbond substituents is 2. The molecule has 0 bridgehead atoms. The van der Waals surface area contributed by atoms with Crippen LogP contribution in [0, 0.1) is 0 Å². The fraction of sp³-hybridized carbons (Fsp3) is 0.486. The van der Waals surface area contributed by atoms with Crippen LogP contribution in [0.25, 0.3) is 12.2 Å². The van der Waals surface area contributed by atoms with E-state index in [9.17, 15) is 19.8 Å².